The Morgan fingerprint density at radius 3 is 2.32 bits per heavy atom. The molecule has 0 spiro atoms. The van der Waals surface area contributed by atoms with E-state index in [1.165, 1.54) is 25.3 Å². The molecule has 3 saturated heterocycles. The molecule has 41 heavy (non-hydrogen) atoms. The number of carbonyl (C=O) groups excluding carboxylic acids is 4. The monoisotopic (exact) mass is 630 g/mol. The molecule has 1 aromatic rings. The van der Waals surface area contributed by atoms with Crippen LogP contribution in [0.15, 0.2) is 23.1 Å². The van der Waals surface area contributed by atoms with Crippen molar-refractivity contribution >= 4 is 56.9 Å². The Balaban J connectivity index is 1.32. The van der Waals surface area contributed by atoms with E-state index >= 15 is 0 Å². The minimum Gasteiger partial charge on any atom is -0.467 e. The quantitative estimate of drug-likeness (QED) is 0.393. The Bertz CT molecular complexity index is 1250. The summed E-state index contributed by atoms with van der Waals surface area (Å²) in [6, 6.07) is 1.81. The lowest BCUT2D eigenvalue weighted by atomic mass is 9.95. The lowest BCUT2D eigenvalue weighted by Crippen LogP contribution is -2.51. The highest BCUT2D eigenvalue weighted by atomic mass is 35.5. The van der Waals surface area contributed by atoms with E-state index in [2.05, 4.69) is 5.32 Å². The lowest BCUT2D eigenvalue weighted by Gasteiger charge is -2.34. The van der Waals surface area contributed by atoms with Gasteiger partial charge in [0.1, 0.15) is 12.1 Å². The number of halogens is 2. The van der Waals surface area contributed by atoms with Gasteiger partial charge in [0.25, 0.3) is 0 Å². The van der Waals surface area contributed by atoms with Crippen molar-refractivity contribution in [3.8, 4) is 0 Å². The van der Waals surface area contributed by atoms with E-state index in [1.54, 1.807) is 4.90 Å². The molecule has 0 radical (unpaired) electrons. The zero-order valence-corrected chi connectivity index (χ0v) is 25.3. The van der Waals surface area contributed by atoms with E-state index in [1.807, 2.05) is 4.90 Å². The van der Waals surface area contributed by atoms with E-state index < -0.39 is 34.0 Å². The SMILES string of the molecule is COC(=O)[C@H](CCC(=O)N1CCC(CN2CCCC2=O)CC1)NC(=O)[C@@H]1CCCN1S(=O)(=O)c1cc(Cl)cc(Cl)c1. The maximum atomic E-state index is 13.3. The van der Waals surface area contributed by atoms with Gasteiger partial charge in [-0.15, -0.1) is 0 Å². The van der Waals surface area contributed by atoms with Gasteiger partial charge in [-0.3, -0.25) is 14.4 Å². The smallest absolute Gasteiger partial charge is 0.328 e. The molecule has 3 amide bonds. The van der Waals surface area contributed by atoms with Crippen LogP contribution in [0.2, 0.25) is 10.0 Å². The van der Waals surface area contributed by atoms with Gasteiger partial charge in [-0.2, -0.15) is 4.31 Å². The number of hydrogen-bond donors (Lipinski definition) is 1. The summed E-state index contributed by atoms with van der Waals surface area (Å²) < 4.78 is 32.6. The fraction of sp³-hybridized carbons (Fsp3) is 0.630. The van der Waals surface area contributed by atoms with Gasteiger partial charge in [0, 0.05) is 55.6 Å². The molecule has 1 N–H and O–H groups in total. The number of sulfonamides is 1. The van der Waals surface area contributed by atoms with E-state index in [0.29, 0.717) is 31.8 Å². The van der Waals surface area contributed by atoms with Crippen LogP contribution < -0.4 is 5.32 Å². The highest BCUT2D eigenvalue weighted by Crippen LogP contribution is 2.30. The maximum absolute atomic E-state index is 13.3. The second kappa shape index (κ2) is 13.7. The summed E-state index contributed by atoms with van der Waals surface area (Å²) >= 11 is 12.0. The van der Waals surface area contributed by atoms with E-state index in [-0.39, 0.29) is 52.6 Å². The normalized spacial score (nSPS) is 21.2. The molecule has 0 aliphatic carbocycles. The van der Waals surface area contributed by atoms with Crippen molar-refractivity contribution in [2.24, 2.45) is 5.92 Å². The van der Waals surface area contributed by atoms with E-state index in [0.717, 1.165) is 36.7 Å². The van der Waals surface area contributed by atoms with Crippen LogP contribution in [-0.2, 0) is 33.9 Å². The van der Waals surface area contributed by atoms with Gasteiger partial charge < -0.3 is 19.9 Å². The number of likely N-dealkylation sites (tertiary alicyclic amines) is 2. The number of nitrogens with one attached hydrogen (secondary N) is 1. The van der Waals surface area contributed by atoms with Crippen molar-refractivity contribution in [3.63, 3.8) is 0 Å². The zero-order valence-electron chi connectivity index (χ0n) is 23.0. The minimum atomic E-state index is -4.09. The predicted octanol–water partition coefficient (Wildman–Crippen LogP) is 2.45. The molecule has 2 atom stereocenters. The van der Waals surface area contributed by atoms with E-state index in [4.69, 9.17) is 27.9 Å². The number of rotatable bonds is 10. The summed E-state index contributed by atoms with van der Waals surface area (Å²) in [5.41, 5.74) is 0. The molecule has 0 bridgehead atoms. The molecule has 3 aliphatic rings. The van der Waals surface area contributed by atoms with Gasteiger partial charge in [-0.1, -0.05) is 23.2 Å². The fourth-order valence-electron chi connectivity index (χ4n) is 5.76. The van der Waals surface area contributed by atoms with Crippen molar-refractivity contribution in [1.29, 1.82) is 0 Å². The Labute approximate surface area is 250 Å². The number of amides is 3. The average Bonchev–Trinajstić information content (AvgIpc) is 3.60. The van der Waals surface area contributed by atoms with Crippen LogP contribution in [0.5, 0.6) is 0 Å². The predicted molar refractivity (Wildman–Crippen MR) is 152 cm³/mol. The molecule has 4 rings (SSSR count). The molecule has 226 valence electrons. The third-order valence-electron chi connectivity index (χ3n) is 8.02. The molecule has 0 unspecified atom stereocenters. The molecule has 0 aromatic heterocycles. The molecule has 3 heterocycles. The van der Waals surface area contributed by atoms with Crippen LogP contribution in [0.4, 0.5) is 0 Å². The molecule has 14 heteroatoms. The van der Waals surface area contributed by atoms with E-state index in [9.17, 15) is 27.6 Å². The zero-order chi connectivity index (χ0) is 29.7. The summed E-state index contributed by atoms with van der Waals surface area (Å²) in [5.74, 6) is -0.927. The summed E-state index contributed by atoms with van der Waals surface area (Å²) in [6.45, 7) is 2.80. The summed E-state index contributed by atoms with van der Waals surface area (Å²) in [5, 5.41) is 2.92. The van der Waals surface area contributed by atoms with Gasteiger partial charge in [-0.25, -0.2) is 13.2 Å². The van der Waals surface area contributed by atoms with Gasteiger partial charge >= 0.3 is 5.97 Å². The molecule has 1 aromatic carbocycles. The van der Waals surface area contributed by atoms with Gasteiger partial charge in [0.2, 0.25) is 27.7 Å². The molecule has 0 saturated carbocycles. The Morgan fingerprint density at radius 1 is 1.02 bits per heavy atom. The second-order valence-electron chi connectivity index (χ2n) is 10.8. The van der Waals surface area contributed by atoms with Crippen LogP contribution in [0, 0.1) is 5.92 Å². The molecule has 3 fully saturated rings. The fourth-order valence-corrected chi connectivity index (χ4v) is 8.15. The lowest BCUT2D eigenvalue weighted by molar-refractivity contribution is -0.146. The number of piperidine rings is 1. The standard InChI is InChI=1S/C27H36Cl2N4O7S/c1-40-27(37)22(6-7-25(35)31-12-8-18(9-13-31)17-32-10-3-5-24(32)34)30-26(36)23-4-2-11-33(23)41(38,39)21-15-19(28)14-20(29)16-21/h14-16,18,22-23H,2-13,17H2,1H3,(H,30,36)/t22-,23-/m0/s1. The van der Waals surface area contributed by atoms with Crippen molar-refractivity contribution in [1.82, 2.24) is 19.4 Å². The summed E-state index contributed by atoms with van der Waals surface area (Å²) in [6.07, 6.45) is 3.87. The first-order chi connectivity index (χ1) is 19.5. The number of esters is 1. The first-order valence-electron chi connectivity index (χ1n) is 13.9. The molecular formula is C27H36Cl2N4O7S. The van der Waals surface area contributed by atoms with Crippen molar-refractivity contribution in [3.05, 3.63) is 28.2 Å². The number of methoxy groups -OCH3 is 1. The van der Waals surface area contributed by atoms with Crippen LogP contribution in [-0.4, -0.2) is 98.1 Å². The van der Waals surface area contributed by atoms with Crippen LogP contribution in [0.3, 0.4) is 0 Å². The topological polar surface area (TPSA) is 133 Å². The highest BCUT2D eigenvalue weighted by Gasteiger charge is 2.41. The minimum absolute atomic E-state index is 0.0167. The Morgan fingerprint density at radius 2 is 1.71 bits per heavy atom. The number of ether oxygens (including phenoxy) is 1. The molecule has 3 aliphatic heterocycles. The van der Waals surface area contributed by atoms with Crippen molar-refractivity contribution in [2.75, 3.05) is 39.8 Å². The molecular weight excluding hydrogens is 595 g/mol. The first kappa shape index (κ1) is 31.5. The third kappa shape index (κ3) is 7.71. The van der Waals surface area contributed by atoms with Crippen molar-refractivity contribution in [2.45, 2.75) is 68.3 Å². The Hall–Kier alpha value is -2.41. The van der Waals surface area contributed by atoms with Crippen LogP contribution in [0.25, 0.3) is 0 Å². The largest absolute Gasteiger partial charge is 0.467 e. The maximum Gasteiger partial charge on any atom is 0.328 e. The molecule has 11 nitrogen and oxygen atoms in total. The van der Waals surface area contributed by atoms with Gasteiger partial charge in [-0.05, 0) is 62.6 Å². The summed E-state index contributed by atoms with van der Waals surface area (Å²) in [4.78, 5) is 54.1. The average molecular weight is 632 g/mol. The van der Waals surface area contributed by atoms with Gasteiger partial charge in [0.15, 0.2) is 0 Å². The number of carbonyl (C=O) groups is 4. The summed E-state index contributed by atoms with van der Waals surface area (Å²) in [7, 11) is -2.90. The van der Waals surface area contributed by atoms with Gasteiger partial charge in [0.05, 0.1) is 12.0 Å². The second-order valence-corrected chi connectivity index (χ2v) is 13.5. The highest BCUT2D eigenvalue weighted by molar-refractivity contribution is 7.89. The number of hydrogen-bond acceptors (Lipinski definition) is 7. The number of benzene rings is 1. The Kier molecular flexibility index (Phi) is 10.5. The third-order valence-corrected chi connectivity index (χ3v) is 10.3. The number of nitrogens with zero attached hydrogens (tertiary/aromatic N) is 3. The first-order valence-corrected chi connectivity index (χ1v) is 16.1. The van der Waals surface area contributed by atoms with Crippen LogP contribution >= 0.6 is 23.2 Å². The van der Waals surface area contributed by atoms with Crippen molar-refractivity contribution < 1.29 is 32.3 Å². The van der Waals surface area contributed by atoms with Crippen LogP contribution in [0.1, 0.15) is 51.4 Å².